The molecule has 15 rings (SSSR count). The van der Waals surface area contributed by atoms with Gasteiger partial charge in [-0.1, -0.05) is 243 Å². The molecule has 13 aromatic rings. The molecule has 2 aromatic heterocycles. The molecule has 1 aliphatic carbocycles. The van der Waals surface area contributed by atoms with E-state index >= 15 is 0 Å². The molecule has 1 fully saturated rings. The SMILES string of the molecule is [Pt].[c-]1c(Oc2[c-]c3c(cc2)c2ccccc2n3-c2cc(C3(c4ccccc4)CCCCC3)ccn2)cc(-c2c(-c3ccccc3)cccc2-c2ccccc2)cc1N1[CH-]N(c2c(-c3ccccc3)cccc2-c2ccccc2)c2ccccc21. The maximum absolute atomic E-state index is 7.27. The van der Waals surface area contributed by atoms with Crippen molar-refractivity contribution in [3.05, 3.63) is 309 Å². The van der Waals surface area contributed by atoms with E-state index in [2.05, 4.69) is 300 Å². The minimum atomic E-state index is -0.0915. The van der Waals surface area contributed by atoms with E-state index in [1.54, 1.807) is 0 Å². The maximum atomic E-state index is 7.27. The topological polar surface area (TPSA) is 33.5 Å². The van der Waals surface area contributed by atoms with Gasteiger partial charge in [0.05, 0.1) is 0 Å². The molecule has 84 heavy (non-hydrogen) atoms. The van der Waals surface area contributed by atoms with Crippen LogP contribution >= 0.6 is 0 Å². The van der Waals surface area contributed by atoms with Crippen LogP contribution in [0.3, 0.4) is 0 Å². The van der Waals surface area contributed by atoms with Crippen LogP contribution in [0.25, 0.3) is 83.3 Å². The Morgan fingerprint density at radius 2 is 0.952 bits per heavy atom. The van der Waals surface area contributed by atoms with E-state index < -0.39 is 0 Å². The molecule has 0 atom stereocenters. The number of hydrogen-bond donors (Lipinski definition) is 0. The van der Waals surface area contributed by atoms with Gasteiger partial charge in [-0.2, -0.15) is 6.07 Å². The van der Waals surface area contributed by atoms with Gasteiger partial charge in [-0.25, -0.2) is 4.98 Å². The van der Waals surface area contributed by atoms with E-state index in [4.69, 9.17) is 9.72 Å². The van der Waals surface area contributed by atoms with Gasteiger partial charge >= 0.3 is 0 Å². The molecule has 0 amide bonds. The van der Waals surface area contributed by atoms with Gasteiger partial charge in [0, 0.05) is 77.9 Å². The molecule has 408 valence electrons. The van der Waals surface area contributed by atoms with Crippen LogP contribution in [-0.2, 0) is 26.5 Å². The first kappa shape index (κ1) is 52.5. The summed E-state index contributed by atoms with van der Waals surface area (Å²) in [5, 5.41) is 2.21. The number of fused-ring (bicyclic) bond motifs is 4. The van der Waals surface area contributed by atoms with Crippen molar-refractivity contribution >= 4 is 44.6 Å². The Hall–Kier alpha value is -9.54. The van der Waals surface area contributed by atoms with E-state index in [9.17, 15) is 0 Å². The van der Waals surface area contributed by atoms with Crippen molar-refractivity contribution in [2.75, 3.05) is 9.80 Å². The molecule has 0 radical (unpaired) electrons. The second kappa shape index (κ2) is 22.7. The fourth-order valence-corrected chi connectivity index (χ4v) is 13.2. The molecular weight excluding hydrogens is 1200 g/mol. The number of para-hydroxylation sites is 4. The number of hydrogen-bond acceptors (Lipinski definition) is 4. The van der Waals surface area contributed by atoms with E-state index in [1.165, 1.54) is 30.4 Å². The summed E-state index contributed by atoms with van der Waals surface area (Å²) < 4.78 is 9.55. The summed E-state index contributed by atoms with van der Waals surface area (Å²) in [7, 11) is 0. The monoisotopic (exact) mass is 1260 g/mol. The summed E-state index contributed by atoms with van der Waals surface area (Å²) in [6, 6.07) is 105. The third-order valence-corrected chi connectivity index (χ3v) is 17.0. The summed E-state index contributed by atoms with van der Waals surface area (Å²) in [4.78, 5) is 9.78. The zero-order chi connectivity index (χ0) is 55.1. The minimum Gasteiger partial charge on any atom is -0.509 e. The van der Waals surface area contributed by atoms with Gasteiger partial charge in [-0.3, -0.25) is 0 Å². The first-order chi connectivity index (χ1) is 41.1. The summed E-state index contributed by atoms with van der Waals surface area (Å²) in [5.41, 5.74) is 19.6. The largest absolute Gasteiger partial charge is 0.509 e. The number of benzene rings is 11. The fourth-order valence-electron chi connectivity index (χ4n) is 13.2. The predicted molar refractivity (Wildman–Crippen MR) is 342 cm³/mol. The summed E-state index contributed by atoms with van der Waals surface area (Å²) in [6.45, 7) is 2.23. The van der Waals surface area contributed by atoms with Gasteiger partial charge in [0.15, 0.2) is 0 Å². The van der Waals surface area contributed by atoms with Gasteiger partial charge in [-0.05, 0) is 98.6 Å². The predicted octanol–water partition coefficient (Wildman–Crippen LogP) is 20.6. The van der Waals surface area contributed by atoms with Gasteiger partial charge in [0.1, 0.15) is 5.82 Å². The van der Waals surface area contributed by atoms with E-state index in [0.717, 1.165) is 119 Å². The second-order valence-electron chi connectivity index (χ2n) is 21.8. The number of pyridine rings is 1. The summed E-state index contributed by atoms with van der Waals surface area (Å²) in [5.74, 6) is 1.99. The van der Waals surface area contributed by atoms with Crippen molar-refractivity contribution in [1.29, 1.82) is 0 Å². The molecular formula is C78H57N4OPt-3. The van der Waals surface area contributed by atoms with Crippen LogP contribution in [0.4, 0.5) is 22.7 Å². The van der Waals surface area contributed by atoms with Crippen LogP contribution in [0.2, 0.25) is 0 Å². The second-order valence-corrected chi connectivity index (χ2v) is 21.8. The molecule has 1 aliphatic heterocycles. The minimum absolute atomic E-state index is 0. The van der Waals surface area contributed by atoms with Crippen LogP contribution in [0.15, 0.2) is 279 Å². The van der Waals surface area contributed by atoms with Crippen molar-refractivity contribution in [3.63, 3.8) is 0 Å². The third-order valence-electron chi connectivity index (χ3n) is 17.0. The third kappa shape index (κ3) is 9.49. The standard InChI is InChI=1S/C78H57N4O.Pt/c1-7-25-55(26-8-1)65-36-23-37-66(56-27-9-2-10-28-56)76(65)59-49-62(80-54-81(73-42-20-19-41-72(73)80)77-67(57-29-11-3-12-30-57)38-24-39-68(77)58-31-13-4-14-32-58)52-64(50-59)83-63-43-44-70-69-35-17-18-40-71(69)82(74(70)53-63)75-51-61(45-48-79-75)78(46-21-6-22-47-78)60-33-15-5-16-34-60;/h1-5,7-20,23-45,48-51,54H,6,21-22,46-47H2;/q-3;. The molecule has 0 saturated heterocycles. The van der Waals surface area contributed by atoms with E-state index in [0.29, 0.717) is 11.5 Å². The van der Waals surface area contributed by atoms with Gasteiger partial charge in [0.25, 0.3) is 0 Å². The van der Waals surface area contributed by atoms with Crippen molar-refractivity contribution < 1.29 is 25.8 Å². The first-order valence-corrected chi connectivity index (χ1v) is 28.9. The number of rotatable bonds is 12. The fraction of sp³-hybridized carbons (Fsp3) is 0.0769. The average Bonchev–Trinajstić information content (AvgIpc) is 2.96. The molecule has 1 saturated carbocycles. The molecule has 11 aromatic carbocycles. The Morgan fingerprint density at radius 1 is 0.417 bits per heavy atom. The Labute approximate surface area is 506 Å². The van der Waals surface area contributed by atoms with Crippen molar-refractivity contribution in [2.45, 2.75) is 37.5 Å². The Morgan fingerprint density at radius 3 is 1.57 bits per heavy atom. The molecule has 0 spiro atoms. The van der Waals surface area contributed by atoms with Crippen LogP contribution < -0.4 is 14.5 Å². The zero-order valence-electron chi connectivity index (χ0n) is 46.2. The van der Waals surface area contributed by atoms with E-state index in [1.807, 2.05) is 12.3 Å². The summed E-state index contributed by atoms with van der Waals surface area (Å²) >= 11 is 0. The number of anilines is 4. The summed E-state index contributed by atoms with van der Waals surface area (Å²) in [6.07, 6.45) is 7.85. The number of nitrogens with zero attached hydrogens (tertiary/aromatic N) is 4. The average molecular weight is 1260 g/mol. The Kier molecular flexibility index (Phi) is 14.2. The molecule has 0 N–H and O–H groups in total. The smallest absolute Gasteiger partial charge is 0.135 e. The normalized spacial score (nSPS) is 13.6. The van der Waals surface area contributed by atoms with Gasteiger partial charge in [0.2, 0.25) is 0 Å². The van der Waals surface area contributed by atoms with Crippen LogP contribution in [0.5, 0.6) is 11.5 Å². The van der Waals surface area contributed by atoms with Gasteiger partial charge in [-0.15, -0.1) is 53.6 Å². The maximum Gasteiger partial charge on any atom is 0.135 e. The zero-order valence-corrected chi connectivity index (χ0v) is 48.5. The first-order valence-electron chi connectivity index (χ1n) is 28.9. The van der Waals surface area contributed by atoms with Crippen molar-refractivity contribution in [3.8, 4) is 73.0 Å². The van der Waals surface area contributed by atoms with Crippen LogP contribution in [-0.4, -0.2) is 9.55 Å². The van der Waals surface area contributed by atoms with Crippen molar-refractivity contribution in [2.24, 2.45) is 0 Å². The number of ether oxygens (including phenoxy) is 1. The molecule has 5 nitrogen and oxygen atoms in total. The van der Waals surface area contributed by atoms with Crippen LogP contribution in [0.1, 0.15) is 43.2 Å². The molecule has 6 heteroatoms. The quantitative estimate of drug-likeness (QED) is 0.114. The van der Waals surface area contributed by atoms with Crippen molar-refractivity contribution in [1.82, 2.24) is 9.55 Å². The van der Waals surface area contributed by atoms with Crippen LogP contribution in [0, 0.1) is 18.8 Å². The number of aromatic nitrogens is 2. The van der Waals surface area contributed by atoms with E-state index in [-0.39, 0.29) is 26.5 Å². The molecule has 0 unspecified atom stereocenters. The Balaban J connectivity index is 0.00000627. The molecule has 2 aliphatic rings. The molecule has 0 bridgehead atoms. The van der Waals surface area contributed by atoms with Gasteiger partial charge < -0.3 is 19.1 Å². The Bertz CT molecular complexity index is 4370. The molecule has 3 heterocycles.